The van der Waals surface area contributed by atoms with E-state index >= 15 is 0 Å². The fourth-order valence-corrected chi connectivity index (χ4v) is 4.33. The number of fused-ring (bicyclic) bond motifs is 1. The second kappa shape index (κ2) is 8.16. The second-order valence-corrected chi connectivity index (χ2v) is 8.52. The molecule has 3 aromatic rings. The van der Waals surface area contributed by atoms with Gasteiger partial charge in [0, 0.05) is 17.3 Å². The lowest BCUT2D eigenvalue weighted by molar-refractivity contribution is -0.137. The molecule has 2 N–H and O–H groups in total. The summed E-state index contributed by atoms with van der Waals surface area (Å²) in [4.78, 5) is 17.1. The zero-order valence-corrected chi connectivity index (χ0v) is 18.7. The number of carbonyl (C=O) groups is 1. The normalized spacial score (nSPS) is 15.6. The number of rotatable bonds is 3. The molecule has 1 aliphatic rings. The minimum absolute atomic E-state index is 0.0234. The molecule has 1 unspecified atom stereocenters. The fourth-order valence-electron chi connectivity index (χ4n) is 3.15. The number of aromatic hydroxyl groups is 1. The van der Waals surface area contributed by atoms with Crippen LogP contribution in [0.3, 0.4) is 0 Å². The molecule has 0 saturated heterocycles. The van der Waals surface area contributed by atoms with Gasteiger partial charge in [0.1, 0.15) is 18.4 Å². The van der Waals surface area contributed by atoms with Gasteiger partial charge in [-0.15, -0.1) is 0 Å². The Hall–Kier alpha value is -2.59. The first-order chi connectivity index (χ1) is 14.6. The van der Waals surface area contributed by atoms with E-state index in [1.165, 1.54) is 24.4 Å². The van der Waals surface area contributed by atoms with Crippen LogP contribution in [0.15, 0.2) is 57.6 Å². The van der Waals surface area contributed by atoms with Crippen LogP contribution in [0.2, 0.25) is 0 Å². The highest BCUT2D eigenvalue weighted by molar-refractivity contribution is 9.11. The van der Waals surface area contributed by atoms with Crippen molar-refractivity contribution < 1.29 is 27.8 Å². The van der Waals surface area contributed by atoms with E-state index in [-0.39, 0.29) is 24.0 Å². The number of hydrogen-bond acceptors (Lipinski definition) is 5. The van der Waals surface area contributed by atoms with E-state index in [0.29, 0.717) is 31.3 Å². The predicted octanol–water partition coefficient (Wildman–Crippen LogP) is 6.05. The third-order valence-electron chi connectivity index (χ3n) is 4.71. The number of nitrogens with one attached hydrogen (secondary N) is 1. The monoisotopic (exact) mass is 556 g/mol. The van der Waals surface area contributed by atoms with Crippen LogP contribution < -0.4 is 10.1 Å². The minimum Gasteiger partial charge on any atom is -0.506 e. The molecule has 1 atom stereocenters. The molecule has 0 amide bonds. The maximum Gasteiger partial charge on any atom is 0.416 e. The second-order valence-electron chi connectivity index (χ2n) is 6.82. The summed E-state index contributed by atoms with van der Waals surface area (Å²) in [5.74, 6) is -0.0472. The van der Waals surface area contributed by atoms with Gasteiger partial charge in [0.15, 0.2) is 5.78 Å². The molecular weight excluding hydrogens is 545 g/mol. The summed E-state index contributed by atoms with van der Waals surface area (Å²) in [6, 6.07) is 8.77. The standard InChI is InChI=1S/C21H13Br2F3N2O3/c22-14-5-11(6-15(23)19(14)30)18(29)17-9-31-20-16(28-17)7-12(8-27-20)10-2-1-3-13(4-10)21(24,25)26/h1-8,17,28,30H,9H2. The Bertz CT molecular complexity index is 1160. The van der Waals surface area contributed by atoms with Crippen molar-refractivity contribution in [1.82, 2.24) is 4.98 Å². The van der Waals surface area contributed by atoms with Gasteiger partial charge in [0.05, 0.1) is 20.2 Å². The fraction of sp³-hybridized carbons (Fsp3) is 0.143. The van der Waals surface area contributed by atoms with E-state index in [2.05, 4.69) is 42.2 Å². The van der Waals surface area contributed by atoms with Crippen molar-refractivity contribution >= 4 is 43.3 Å². The van der Waals surface area contributed by atoms with Crippen molar-refractivity contribution in [3.8, 4) is 22.8 Å². The topological polar surface area (TPSA) is 71.5 Å². The number of alkyl halides is 3. The maximum absolute atomic E-state index is 13.0. The summed E-state index contributed by atoms with van der Waals surface area (Å²) < 4.78 is 45.4. The average molecular weight is 558 g/mol. The number of ketones is 1. The molecule has 0 radical (unpaired) electrons. The molecule has 1 aliphatic heterocycles. The molecule has 2 aromatic carbocycles. The van der Waals surface area contributed by atoms with Crippen molar-refractivity contribution in [1.29, 1.82) is 0 Å². The molecular formula is C21H13Br2F3N2O3. The van der Waals surface area contributed by atoms with Crippen LogP contribution in [-0.4, -0.2) is 28.5 Å². The lowest BCUT2D eigenvalue weighted by Crippen LogP contribution is -2.38. The van der Waals surface area contributed by atoms with Crippen molar-refractivity contribution in [3.05, 3.63) is 68.7 Å². The van der Waals surface area contributed by atoms with Gasteiger partial charge in [-0.1, -0.05) is 12.1 Å². The third-order valence-corrected chi connectivity index (χ3v) is 5.92. The molecule has 31 heavy (non-hydrogen) atoms. The maximum atomic E-state index is 13.0. The number of ether oxygens (including phenoxy) is 1. The molecule has 1 aromatic heterocycles. The van der Waals surface area contributed by atoms with Crippen molar-refractivity contribution in [2.75, 3.05) is 11.9 Å². The lowest BCUT2D eigenvalue weighted by Gasteiger charge is -2.26. The number of halogens is 5. The van der Waals surface area contributed by atoms with Crippen molar-refractivity contribution in [2.24, 2.45) is 0 Å². The van der Waals surface area contributed by atoms with Gasteiger partial charge in [0.25, 0.3) is 0 Å². The highest BCUT2D eigenvalue weighted by atomic mass is 79.9. The number of phenols is 1. The largest absolute Gasteiger partial charge is 0.506 e. The van der Waals surface area contributed by atoms with Gasteiger partial charge in [-0.05, 0) is 67.8 Å². The lowest BCUT2D eigenvalue weighted by atomic mass is 10.0. The Morgan fingerprint density at radius 3 is 2.52 bits per heavy atom. The molecule has 2 heterocycles. The highest BCUT2D eigenvalue weighted by Gasteiger charge is 2.31. The number of nitrogens with zero attached hydrogens (tertiary/aromatic N) is 1. The average Bonchev–Trinajstić information content (AvgIpc) is 2.75. The predicted molar refractivity (Wildman–Crippen MR) is 115 cm³/mol. The SMILES string of the molecule is O=C(c1cc(Br)c(O)c(Br)c1)C1COc2ncc(-c3cccc(C(F)(F)F)c3)cc2N1. The first-order valence-corrected chi connectivity index (χ1v) is 10.5. The van der Waals surface area contributed by atoms with E-state index in [4.69, 9.17) is 4.74 Å². The van der Waals surface area contributed by atoms with Gasteiger partial charge in [-0.25, -0.2) is 4.98 Å². The Kier molecular flexibility index (Phi) is 5.69. The van der Waals surface area contributed by atoms with Gasteiger partial charge in [-0.2, -0.15) is 13.2 Å². The van der Waals surface area contributed by atoms with Crippen LogP contribution in [0, 0.1) is 0 Å². The Morgan fingerprint density at radius 1 is 1.13 bits per heavy atom. The summed E-state index contributed by atoms with van der Waals surface area (Å²) >= 11 is 6.39. The van der Waals surface area contributed by atoms with Gasteiger partial charge in [-0.3, -0.25) is 4.79 Å². The van der Waals surface area contributed by atoms with Crippen molar-refractivity contribution in [3.63, 3.8) is 0 Å². The molecule has 0 saturated carbocycles. The highest BCUT2D eigenvalue weighted by Crippen LogP contribution is 2.37. The molecule has 0 fully saturated rings. The summed E-state index contributed by atoms with van der Waals surface area (Å²) in [6.45, 7) is 0.0256. The molecule has 5 nitrogen and oxygen atoms in total. The van der Waals surface area contributed by atoms with Gasteiger partial charge in [0.2, 0.25) is 5.88 Å². The summed E-state index contributed by atoms with van der Waals surface area (Å²) in [5.41, 5.74) is 0.763. The minimum atomic E-state index is -4.46. The van der Waals surface area contributed by atoms with E-state index in [1.54, 1.807) is 12.1 Å². The summed E-state index contributed by atoms with van der Waals surface area (Å²) in [6.07, 6.45) is -3.03. The summed E-state index contributed by atoms with van der Waals surface area (Å²) in [5, 5.41) is 12.9. The number of carbonyl (C=O) groups excluding carboxylic acids is 1. The number of phenolic OH excluding ortho intramolecular Hbond substituents is 1. The molecule has 0 spiro atoms. The van der Waals surface area contributed by atoms with E-state index in [9.17, 15) is 23.1 Å². The smallest absolute Gasteiger partial charge is 0.416 e. The Morgan fingerprint density at radius 2 is 1.84 bits per heavy atom. The first kappa shape index (κ1) is 21.6. The number of aromatic nitrogens is 1. The van der Waals surface area contributed by atoms with Crippen molar-refractivity contribution in [2.45, 2.75) is 12.2 Å². The van der Waals surface area contributed by atoms with E-state index < -0.39 is 17.8 Å². The molecule has 4 rings (SSSR count). The quantitative estimate of drug-likeness (QED) is 0.383. The van der Waals surface area contributed by atoms with Crippen LogP contribution >= 0.6 is 31.9 Å². The number of benzene rings is 2. The molecule has 0 bridgehead atoms. The van der Waals surface area contributed by atoms with Crippen LogP contribution in [0.4, 0.5) is 18.9 Å². The van der Waals surface area contributed by atoms with Crippen LogP contribution in [0.25, 0.3) is 11.1 Å². The van der Waals surface area contributed by atoms with Gasteiger partial charge >= 0.3 is 6.18 Å². The zero-order chi connectivity index (χ0) is 22.3. The van der Waals surface area contributed by atoms with Crippen LogP contribution in [0.1, 0.15) is 15.9 Å². The van der Waals surface area contributed by atoms with E-state index in [0.717, 1.165) is 12.1 Å². The third kappa shape index (κ3) is 4.40. The van der Waals surface area contributed by atoms with E-state index in [1.807, 2.05) is 0 Å². The number of hydrogen-bond donors (Lipinski definition) is 2. The first-order valence-electron chi connectivity index (χ1n) is 8.92. The number of Topliss-reactive ketones (excluding diaryl/α,β-unsaturated/α-hetero) is 1. The molecule has 0 aliphatic carbocycles. The molecule has 10 heteroatoms. The van der Waals surface area contributed by atoms with Gasteiger partial charge < -0.3 is 15.2 Å². The zero-order valence-electron chi connectivity index (χ0n) is 15.5. The Labute approximate surface area is 191 Å². The number of pyridine rings is 1. The van der Waals surface area contributed by atoms with Crippen LogP contribution in [0.5, 0.6) is 11.6 Å². The van der Waals surface area contributed by atoms with Crippen LogP contribution in [-0.2, 0) is 6.18 Å². The summed E-state index contributed by atoms with van der Waals surface area (Å²) in [7, 11) is 0. The Balaban J connectivity index is 1.62. The molecule has 160 valence electrons. The number of anilines is 1.